The lowest BCUT2D eigenvalue weighted by Gasteiger charge is -2.08. The molecule has 8 heteroatoms. The molecule has 2 aromatic rings. The molecule has 0 aliphatic rings. The van der Waals surface area contributed by atoms with Crippen LogP contribution in [0.4, 0.5) is 0 Å². The Morgan fingerprint density at radius 3 is 2.65 bits per heavy atom. The van der Waals surface area contributed by atoms with Gasteiger partial charge in [0.2, 0.25) is 10.0 Å². The van der Waals surface area contributed by atoms with Gasteiger partial charge in [-0.1, -0.05) is 0 Å². The lowest BCUT2D eigenvalue weighted by Crippen LogP contribution is -2.25. The van der Waals surface area contributed by atoms with E-state index < -0.39 is 10.0 Å². The minimum Gasteiger partial charge on any atom is -0.352 e. The van der Waals surface area contributed by atoms with Gasteiger partial charge in [-0.15, -0.1) is 11.3 Å². The summed E-state index contributed by atoms with van der Waals surface area (Å²) in [6.07, 6.45) is 1.70. The third-order valence-corrected chi connectivity index (χ3v) is 5.52. The second-order valence-corrected chi connectivity index (χ2v) is 7.71. The van der Waals surface area contributed by atoms with Gasteiger partial charge in [-0.2, -0.15) is 0 Å². The fraction of sp³-hybridized carbons (Fsp3) is 0.333. The van der Waals surface area contributed by atoms with E-state index in [1.165, 1.54) is 23.1 Å². The standard InChI is InChI=1S/C15H19N3O3S2/c1-10-8-12(5-6-14(10)23(16,20)21)15(19)17-7-3-4-13-11(2)18-9-22-13/h5-6,8-9H,3-4,7H2,1-2H3,(H,17,19)(H2,16,20,21). The van der Waals surface area contributed by atoms with Crippen LogP contribution in [-0.4, -0.2) is 25.9 Å². The van der Waals surface area contributed by atoms with Crippen molar-refractivity contribution >= 4 is 27.3 Å². The molecule has 0 saturated carbocycles. The number of rotatable bonds is 6. The number of benzene rings is 1. The Balaban J connectivity index is 1.91. The fourth-order valence-corrected chi connectivity index (χ4v) is 3.82. The smallest absolute Gasteiger partial charge is 0.251 e. The van der Waals surface area contributed by atoms with Crippen molar-refractivity contribution in [3.8, 4) is 0 Å². The summed E-state index contributed by atoms with van der Waals surface area (Å²) in [4.78, 5) is 17.5. The summed E-state index contributed by atoms with van der Waals surface area (Å²) in [7, 11) is -3.76. The van der Waals surface area contributed by atoms with Crippen LogP contribution in [0, 0.1) is 13.8 Å². The number of aromatic nitrogens is 1. The maximum absolute atomic E-state index is 12.1. The summed E-state index contributed by atoms with van der Waals surface area (Å²) in [6, 6.07) is 4.36. The van der Waals surface area contributed by atoms with Gasteiger partial charge in [-0.05, 0) is 50.5 Å². The first kappa shape index (κ1) is 17.6. The molecule has 0 aliphatic carbocycles. The number of carbonyl (C=O) groups is 1. The van der Waals surface area contributed by atoms with Crippen LogP contribution >= 0.6 is 11.3 Å². The number of carbonyl (C=O) groups excluding carboxylic acids is 1. The van der Waals surface area contributed by atoms with Crippen molar-refractivity contribution in [2.24, 2.45) is 5.14 Å². The molecule has 0 saturated heterocycles. The molecule has 0 bridgehead atoms. The van der Waals surface area contributed by atoms with Crippen molar-refractivity contribution in [1.29, 1.82) is 0 Å². The minimum atomic E-state index is -3.76. The quantitative estimate of drug-likeness (QED) is 0.773. The highest BCUT2D eigenvalue weighted by Gasteiger charge is 2.14. The predicted molar refractivity (Wildman–Crippen MR) is 90.1 cm³/mol. The van der Waals surface area contributed by atoms with Crippen molar-refractivity contribution in [2.45, 2.75) is 31.6 Å². The number of hydrogen-bond donors (Lipinski definition) is 2. The molecule has 6 nitrogen and oxygen atoms in total. The zero-order valence-electron chi connectivity index (χ0n) is 13.0. The van der Waals surface area contributed by atoms with Gasteiger partial charge in [0.05, 0.1) is 16.1 Å². The maximum atomic E-state index is 12.1. The van der Waals surface area contributed by atoms with Gasteiger partial charge < -0.3 is 5.32 Å². The van der Waals surface area contributed by atoms with Gasteiger partial charge in [-0.3, -0.25) is 4.79 Å². The van der Waals surface area contributed by atoms with Crippen molar-refractivity contribution in [1.82, 2.24) is 10.3 Å². The van der Waals surface area contributed by atoms with E-state index in [-0.39, 0.29) is 10.8 Å². The number of nitrogens with one attached hydrogen (secondary N) is 1. The minimum absolute atomic E-state index is 0.0368. The molecule has 0 aliphatic heterocycles. The third-order valence-electron chi connectivity index (χ3n) is 3.45. The summed E-state index contributed by atoms with van der Waals surface area (Å²) in [5.41, 5.74) is 3.74. The number of primary sulfonamides is 1. The van der Waals surface area contributed by atoms with Crippen molar-refractivity contribution in [3.05, 3.63) is 45.4 Å². The predicted octanol–water partition coefficient (Wildman–Crippen LogP) is 1.77. The Kier molecular flexibility index (Phi) is 5.51. The molecule has 1 aromatic carbocycles. The van der Waals surface area contributed by atoms with Gasteiger partial charge >= 0.3 is 0 Å². The summed E-state index contributed by atoms with van der Waals surface area (Å²) < 4.78 is 22.7. The first-order valence-electron chi connectivity index (χ1n) is 7.09. The number of amides is 1. The fourth-order valence-electron chi connectivity index (χ4n) is 2.23. The first-order chi connectivity index (χ1) is 10.8. The van der Waals surface area contributed by atoms with Crippen LogP contribution in [-0.2, 0) is 16.4 Å². The Labute approximate surface area is 139 Å². The summed E-state index contributed by atoms with van der Waals surface area (Å²) >= 11 is 1.62. The molecule has 23 heavy (non-hydrogen) atoms. The van der Waals surface area contributed by atoms with Crippen LogP contribution < -0.4 is 10.5 Å². The topological polar surface area (TPSA) is 102 Å². The van der Waals surface area contributed by atoms with E-state index in [0.717, 1.165) is 18.5 Å². The highest BCUT2D eigenvalue weighted by Crippen LogP contribution is 2.16. The van der Waals surface area contributed by atoms with E-state index in [1.807, 2.05) is 12.4 Å². The summed E-state index contributed by atoms with van der Waals surface area (Å²) in [5.74, 6) is -0.227. The number of aryl methyl sites for hydroxylation is 3. The van der Waals surface area contributed by atoms with E-state index >= 15 is 0 Å². The Hall–Kier alpha value is -1.77. The highest BCUT2D eigenvalue weighted by atomic mass is 32.2. The van der Waals surface area contributed by atoms with Crippen molar-refractivity contribution in [2.75, 3.05) is 6.54 Å². The van der Waals surface area contributed by atoms with Crippen LogP contribution in [0.1, 0.15) is 32.9 Å². The molecule has 0 radical (unpaired) electrons. The van der Waals surface area contributed by atoms with E-state index in [1.54, 1.807) is 18.3 Å². The lowest BCUT2D eigenvalue weighted by molar-refractivity contribution is 0.0953. The van der Waals surface area contributed by atoms with E-state index in [2.05, 4.69) is 10.3 Å². The normalized spacial score (nSPS) is 11.4. The molecule has 0 unspecified atom stereocenters. The number of hydrogen-bond acceptors (Lipinski definition) is 5. The average Bonchev–Trinajstić information content (AvgIpc) is 2.87. The molecule has 3 N–H and O–H groups in total. The van der Waals surface area contributed by atoms with Gasteiger partial charge in [0.25, 0.3) is 5.91 Å². The van der Waals surface area contributed by atoms with Gasteiger partial charge in [0.1, 0.15) is 0 Å². The number of nitrogens with zero attached hydrogens (tertiary/aromatic N) is 1. The summed E-state index contributed by atoms with van der Waals surface area (Å²) in [6.45, 7) is 4.13. The first-order valence-corrected chi connectivity index (χ1v) is 9.52. The second-order valence-electron chi connectivity index (χ2n) is 5.25. The van der Waals surface area contributed by atoms with Crippen LogP contribution in [0.3, 0.4) is 0 Å². The largest absolute Gasteiger partial charge is 0.352 e. The van der Waals surface area contributed by atoms with E-state index in [9.17, 15) is 13.2 Å². The number of thiazole rings is 1. The molecule has 0 atom stereocenters. The Bertz CT molecular complexity index is 813. The zero-order valence-corrected chi connectivity index (χ0v) is 14.6. The van der Waals surface area contributed by atoms with E-state index in [0.29, 0.717) is 17.7 Å². The molecule has 0 spiro atoms. The Morgan fingerprint density at radius 2 is 2.09 bits per heavy atom. The molecule has 124 valence electrons. The van der Waals surface area contributed by atoms with Crippen molar-refractivity contribution < 1.29 is 13.2 Å². The van der Waals surface area contributed by atoms with Crippen molar-refractivity contribution in [3.63, 3.8) is 0 Å². The van der Waals surface area contributed by atoms with Crippen LogP contribution in [0.25, 0.3) is 0 Å². The van der Waals surface area contributed by atoms with Crippen LogP contribution in [0.5, 0.6) is 0 Å². The van der Waals surface area contributed by atoms with Crippen LogP contribution in [0.15, 0.2) is 28.6 Å². The molecule has 1 aromatic heterocycles. The molecule has 0 fully saturated rings. The maximum Gasteiger partial charge on any atom is 0.251 e. The average molecular weight is 353 g/mol. The number of sulfonamides is 1. The molecular formula is C15H19N3O3S2. The number of nitrogens with two attached hydrogens (primary N) is 1. The molecule has 1 heterocycles. The monoisotopic (exact) mass is 353 g/mol. The lowest BCUT2D eigenvalue weighted by atomic mass is 10.1. The highest BCUT2D eigenvalue weighted by molar-refractivity contribution is 7.89. The van der Waals surface area contributed by atoms with E-state index in [4.69, 9.17) is 5.14 Å². The third kappa shape index (κ3) is 4.60. The SMILES string of the molecule is Cc1cc(C(=O)NCCCc2scnc2C)ccc1S(N)(=O)=O. The molecule has 2 rings (SSSR count). The Morgan fingerprint density at radius 1 is 1.35 bits per heavy atom. The summed E-state index contributed by atoms with van der Waals surface area (Å²) in [5, 5.41) is 7.94. The molecule has 1 amide bonds. The zero-order chi connectivity index (χ0) is 17.0. The van der Waals surface area contributed by atoms with Gasteiger partial charge in [-0.25, -0.2) is 18.5 Å². The van der Waals surface area contributed by atoms with Gasteiger partial charge in [0.15, 0.2) is 0 Å². The molecular weight excluding hydrogens is 334 g/mol. The second kappa shape index (κ2) is 7.20. The van der Waals surface area contributed by atoms with Crippen LogP contribution in [0.2, 0.25) is 0 Å². The van der Waals surface area contributed by atoms with Gasteiger partial charge in [0, 0.05) is 17.0 Å².